The molecule has 0 bridgehead atoms. The second-order valence-corrected chi connectivity index (χ2v) is 10.2. The quantitative estimate of drug-likeness (QED) is 0.778. The lowest BCUT2D eigenvalue weighted by Crippen LogP contribution is -2.43. The highest BCUT2D eigenvalue weighted by Gasteiger charge is 2.42. The molecule has 0 aromatic heterocycles. The van der Waals surface area contributed by atoms with Crippen LogP contribution in [0.3, 0.4) is 0 Å². The highest BCUT2D eigenvalue weighted by Crippen LogP contribution is 2.36. The van der Waals surface area contributed by atoms with E-state index in [2.05, 4.69) is 0 Å². The monoisotopic (exact) mass is 363 g/mol. The molecule has 130 valence electrons. The fraction of sp³-hybridized carbons (Fsp3) is 0.600. The maximum atomic E-state index is 13.7. The number of sulfonamides is 1. The van der Waals surface area contributed by atoms with Crippen LogP contribution in [0.5, 0.6) is 0 Å². The van der Waals surface area contributed by atoms with Gasteiger partial charge in [0.25, 0.3) is 0 Å². The Balaban J connectivity index is 2.54. The lowest BCUT2D eigenvalue weighted by molar-refractivity contribution is 0.269. The van der Waals surface area contributed by atoms with Crippen LogP contribution in [0.15, 0.2) is 28.0 Å². The normalized spacial score (nSPS) is 17.7. The van der Waals surface area contributed by atoms with Crippen LogP contribution in [-0.2, 0) is 19.9 Å². The van der Waals surface area contributed by atoms with Gasteiger partial charge in [0.15, 0.2) is 9.84 Å². The molecule has 0 radical (unpaired) electrons. The van der Waals surface area contributed by atoms with Crippen LogP contribution in [0.1, 0.15) is 33.6 Å². The van der Waals surface area contributed by atoms with E-state index in [9.17, 15) is 21.2 Å². The van der Waals surface area contributed by atoms with Gasteiger partial charge in [0.2, 0.25) is 10.0 Å². The van der Waals surface area contributed by atoms with Gasteiger partial charge in [0.05, 0.1) is 4.90 Å². The van der Waals surface area contributed by atoms with Crippen molar-refractivity contribution < 1.29 is 21.2 Å². The van der Waals surface area contributed by atoms with E-state index in [-0.39, 0.29) is 22.9 Å². The number of halogens is 1. The standard InChI is InChI=1S/C15H22FNO4S2/c1-10(2)11(3)17(12-5-6-12)23(20,21)13-7-8-14(16)15(9-13)22(4,18)19/h7-12H,5-6H2,1-4H3/t11-/m0/s1. The van der Waals surface area contributed by atoms with Gasteiger partial charge in [-0.25, -0.2) is 21.2 Å². The van der Waals surface area contributed by atoms with Crippen LogP contribution < -0.4 is 0 Å². The van der Waals surface area contributed by atoms with Crippen molar-refractivity contribution in [3.05, 3.63) is 24.0 Å². The van der Waals surface area contributed by atoms with Crippen molar-refractivity contribution >= 4 is 19.9 Å². The van der Waals surface area contributed by atoms with Crippen molar-refractivity contribution in [2.24, 2.45) is 5.92 Å². The molecule has 1 atom stereocenters. The lowest BCUT2D eigenvalue weighted by atomic mass is 10.1. The molecule has 1 saturated carbocycles. The van der Waals surface area contributed by atoms with E-state index in [1.807, 2.05) is 20.8 Å². The Hall–Kier alpha value is -0.990. The number of hydrogen-bond donors (Lipinski definition) is 0. The predicted molar refractivity (Wildman–Crippen MR) is 85.9 cm³/mol. The van der Waals surface area contributed by atoms with Gasteiger partial charge in [0.1, 0.15) is 10.7 Å². The molecule has 1 fully saturated rings. The van der Waals surface area contributed by atoms with E-state index in [0.717, 1.165) is 37.3 Å². The summed E-state index contributed by atoms with van der Waals surface area (Å²) in [5.74, 6) is -0.832. The number of sulfone groups is 1. The fourth-order valence-corrected chi connectivity index (χ4v) is 5.29. The van der Waals surface area contributed by atoms with Gasteiger partial charge < -0.3 is 0 Å². The first-order chi connectivity index (χ1) is 10.5. The molecule has 0 unspecified atom stereocenters. The number of rotatable bonds is 6. The second-order valence-electron chi connectivity index (χ2n) is 6.42. The summed E-state index contributed by atoms with van der Waals surface area (Å²) in [4.78, 5) is -0.773. The van der Waals surface area contributed by atoms with Gasteiger partial charge >= 0.3 is 0 Å². The van der Waals surface area contributed by atoms with Crippen molar-refractivity contribution in [1.29, 1.82) is 0 Å². The molecule has 0 amide bonds. The molecule has 0 N–H and O–H groups in total. The number of hydrogen-bond acceptors (Lipinski definition) is 4. The summed E-state index contributed by atoms with van der Waals surface area (Å²) >= 11 is 0. The Morgan fingerprint density at radius 1 is 1.13 bits per heavy atom. The Morgan fingerprint density at radius 3 is 2.13 bits per heavy atom. The Kier molecular flexibility index (Phi) is 4.90. The molecule has 0 saturated heterocycles. The highest BCUT2D eigenvalue weighted by atomic mass is 32.2. The molecule has 0 spiro atoms. The molecular formula is C15H22FNO4S2. The molecule has 23 heavy (non-hydrogen) atoms. The van der Waals surface area contributed by atoms with Gasteiger partial charge in [-0.15, -0.1) is 0 Å². The van der Waals surface area contributed by atoms with Gasteiger partial charge in [0, 0.05) is 18.3 Å². The average Bonchev–Trinajstić information content (AvgIpc) is 3.21. The molecule has 1 aromatic carbocycles. The van der Waals surface area contributed by atoms with E-state index in [4.69, 9.17) is 0 Å². The van der Waals surface area contributed by atoms with Crippen LogP contribution in [0, 0.1) is 11.7 Å². The molecule has 2 rings (SSSR count). The van der Waals surface area contributed by atoms with Crippen molar-refractivity contribution in [2.45, 2.75) is 55.5 Å². The van der Waals surface area contributed by atoms with Crippen LogP contribution in [0.4, 0.5) is 4.39 Å². The van der Waals surface area contributed by atoms with E-state index in [0.29, 0.717) is 0 Å². The summed E-state index contributed by atoms with van der Waals surface area (Å²) in [6.07, 6.45) is 2.43. The van der Waals surface area contributed by atoms with E-state index in [1.54, 1.807) is 0 Å². The minimum absolute atomic E-state index is 0.0656. The molecule has 5 nitrogen and oxygen atoms in total. The number of benzene rings is 1. The maximum absolute atomic E-state index is 13.7. The minimum Gasteiger partial charge on any atom is -0.224 e. The summed E-state index contributed by atoms with van der Waals surface area (Å²) in [6, 6.07) is 2.65. The SMILES string of the molecule is CC(C)[C@H](C)N(C1CC1)S(=O)(=O)c1ccc(F)c(S(C)(=O)=O)c1. The maximum Gasteiger partial charge on any atom is 0.243 e. The lowest BCUT2D eigenvalue weighted by Gasteiger charge is -2.31. The van der Waals surface area contributed by atoms with Crippen LogP contribution >= 0.6 is 0 Å². The van der Waals surface area contributed by atoms with Crippen molar-refractivity contribution in [1.82, 2.24) is 4.31 Å². The van der Waals surface area contributed by atoms with Crippen LogP contribution in [0.25, 0.3) is 0 Å². The second kappa shape index (κ2) is 6.14. The summed E-state index contributed by atoms with van der Waals surface area (Å²) in [5, 5.41) is 0. The summed E-state index contributed by atoms with van der Waals surface area (Å²) < 4.78 is 64.4. The first kappa shape index (κ1) is 18.4. The van der Waals surface area contributed by atoms with Crippen LogP contribution in [-0.4, -0.2) is 39.5 Å². The Bertz CT molecular complexity index is 799. The largest absolute Gasteiger partial charge is 0.243 e. The van der Waals surface area contributed by atoms with E-state index in [1.165, 1.54) is 4.31 Å². The zero-order valence-electron chi connectivity index (χ0n) is 13.7. The molecule has 0 aliphatic heterocycles. The third-order valence-electron chi connectivity index (χ3n) is 4.15. The summed E-state index contributed by atoms with van der Waals surface area (Å²) in [6.45, 7) is 5.70. The van der Waals surface area contributed by atoms with E-state index >= 15 is 0 Å². The number of nitrogens with zero attached hydrogens (tertiary/aromatic N) is 1. The van der Waals surface area contributed by atoms with Gasteiger partial charge in [-0.3, -0.25) is 0 Å². The third kappa shape index (κ3) is 3.75. The molecule has 1 aliphatic carbocycles. The van der Waals surface area contributed by atoms with Crippen molar-refractivity contribution in [3.8, 4) is 0 Å². The summed E-state index contributed by atoms with van der Waals surface area (Å²) in [5.41, 5.74) is 0. The van der Waals surface area contributed by atoms with Gasteiger partial charge in [-0.05, 0) is 43.9 Å². The molecule has 8 heteroatoms. The van der Waals surface area contributed by atoms with Gasteiger partial charge in [-0.1, -0.05) is 13.8 Å². The molecular weight excluding hydrogens is 341 g/mol. The highest BCUT2D eigenvalue weighted by molar-refractivity contribution is 7.91. The zero-order chi connectivity index (χ0) is 17.6. The topological polar surface area (TPSA) is 71.5 Å². The molecule has 1 aliphatic rings. The van der Waals surface area contributed by atoms with Gasteiger partial charge in [-0.2, -0.15) is 4.31 Å². The first-order valence-electron chi connectivity index (χ1n) is 7.49. The summed E-state index contributed by atoms with van der Waals surface area (Å²) in [7, 11) is -7.72. The average molecular weight is 363 g/mol. The predicted octanol–water partition coefficient (Wildman–Crippen LogP) is 2.43. The molecule has 1 aromatic rings. The first-order valence-corrected chi connectivity index (χ1v) is 10.8. The minimum atomic E-state index is -3.88. The third-order valence-corrected chi connectivity index (χ3v) is 7.30. The Labute approximate surface area is 137 Å². The van der Waals surface area contributed by atoms with Crippen molar-refractivity contribution in [3.63, 3.8) is 0 Å². The smallest absolute Gasteiger partial charge is 0.224 e. The van der Waals surface area contributed by atoms with E-state index < -0.39 is 30.6 Å². The van der Waals surface area contributed by atoms with Crippen molar-refractivity contribution in [2.75, 3.05) is 6.26 Å². The molecule has 0 heterocycles. The zero-order valence-corrected chi connectivity index (χ0v) is 15.3. The fourth-order valence-electron chi connectivity index (χ4n) is 2.42. The van der Waals surface area contributed by atoms with Crippen LogP contribution in [0.2, 0.25) is 0 Å². The Morgan fingerprint density at radius 2 is 1.70 bits per heavy atom.